The third kappa shape index (κ3) is 3.75. The number of esters is 1. The Bertz CT molecular complexity index is 611. The van der Waals surface area contributed by atoms with E-state index in [0.717, 1.165) is 0 Å². The molecule has 0 saturated carbocycles. The number of rotatable bonds is 4. The SMILES string of the molecule is COc1c(Cl)ccc(Cl)c1C(=O)OC[C@H]1OC(O)[C@H](O)[C@@H](O)[C@H]1O. The topological polar surface area (TPSA) is 126 Å². The van der Waals surface area contributed by atoms with Crippen LogP contribution in [-0.4, -0.2) is 70.8 Å². The minimum absolute atomic E-state index is 0.0229. The lowest BCUT2D eigenvalue weighted by atomic mass is 9.99. The van der Waals surface area contributed by atoms with Crippen LogP contribution in [0.4, 0.5) is 0 Å². The van der Waals surface area contributed by atoms with E-state index in [-0.39, 0.29) is 21.4 Å². The Balaban J connectivity index is 2.10. The molecular formula is C14H16Cl2O8. The maximum atomic E-state index is 12.2. The van der Waals surface area contributed by atoms with Gasteiger partial charge < -0.3 is 34.6 Å². The summed E-state index contributed by atoms with van der Waals surface area (Å²) in [5.74, 6) is -0.875. The van der Waals surface area contributed by atoms with Crippen molar-refractivity contribution in [1.29, 1.82) is 0 Å². The lowest BCUT2D eigenvalue weighted by Crippen LogP contribution is -2.58. The smallest absolute Gasteiger partial charge is 0.343 e. The van der Waals surface area contributed by atoms with Crippen molar-refractivity contribution in [2.24, 2.45) is 0 Å². The molecule has 0 aliphatic carbocycles. The minimum atomic E-state index is -1.73. The van der Waals surface area contributed by atoms with E-state index in [1.54, 1.807) is 0 Å². The Labute approximate surface area is 147 Å². The molecule has 10 heteroatoms. The van der Waals surface area contributed by atoms with E-state index in [0.29, 0.717) is 0 Å². The summed E-state index contributed by atoms with van der Waals surface area (Å²) in [6, 6.07) is 2.83. The van der Waals surface area contributed by atoms with Crippen molar-refractivity contribution >= 4 is 29.2 Å². The van der Waals surface area contributed by atoms with Crippen LogP contribution in [0.5, 0.6) is 5.75 Å². The van der Waals surface area contributed by atoms with Crippen LogP contribution in [0.25, 0.3) is 0 Å². The average molecular weight is 383 g/mol. The van der Waals surface area contributed by atoms with Gasteiger partial charge in [-0.25, -0.2) is 4.79 Å². The third-order valence-electron chi connectivity index (χ3n) is 3.53. The van der Waals surface area contributed by atoms with Gasteiger partial charge in [-0.05, 0) is 12.1 Å². The van der Waals surface area contributed by atoms with Gasteiger partial charge in [-0.15, -0.1) is 0 Å². The number of carbonyl (C=O) groups is 1. The van der Waals surface area contributed by atoms with Crippen LogP contribution < -0.4 is 4.74 Å². The number of ether oxygens (including phenoxy) is 3. The number of hydrogen-bond acceptors (Lipinski definition) is 8. The fraction of sp³-hybridized carbons (Fsp3) is 0.500. The van der Waals surface area contributed by atoms with Crippen LogP contribution in [0, 0.1) is 0 Å². The predicted molar refractivity (Wildman–Crippen MR) is 82.2 cm³/mol. The summed E-state index contributed by atoms with van der Waals surface area (Å²) in [7, 11) is 1.30. The molecule has 1 saturated heterocycles. The Morgan fingerprint density at radius 2 is 1.75 bits per heavy atom. The highest BCUT2D eigenvalue weighted by Gasteiger charge is 2.43. The summed E-state index contributed by atoms with van der Waals surface area (Å²) in [4.78, 5) is 12.2. The molecule has 4 N–H and O–H groups in total. The molecule has 1 aromatic carbocycles. The second-order valence-corrected chi connectivity index (χ2v) is 5.89. The van der Waals surface area contributed by atoms with E-state index < -0.39 is 43.3 Å². The Kier molecular flexibility index (Phi) is 6.27. The summed E-state index contributed by atoms with van der Waals surface area (Å²) in [5.41, 5.74) is -0.113. The van der Waals surface area contributed by atoms with Crippen molar-refractivity contribution in [1.82, 2.24) is 0 Å². The highest BCUT2D eigenvalue weighted by Crippen LogP contribution is 2.34. The number of halogens is 2. The molecule has 1 aliphatic heterocycles. The molecule has 24 heavy (non-hydrogen) atoms. The summed E-state index contributed by atoms with van der Waals surface area (Å²) < 4.78 is 14.9. The molecule has 0 bridgehead atoms. The zero-order chi connectivity index (χ0) is 18.0. The quantitative estimate of drug-likeness (QED) is 0.534. The number of benzene rings is 1. The standard InChI is InChI=1S/C14H16Cl2O8/c1-22-12-6(16)3-2-5(15)8(12)13(20)23-4-7-9(17)10(18)11(19)14(21)24-7/h2-3,7,9-11,14,17-19,21H,4H2,1H3/t7-,9+,10+,11-,14?/m1/s1. The molecule has 1 unspecified atom stereocenters. The first-order chi connectivity index (χ1) is 11.3. The highest BCUT2D eigenvalue weighted by molar-refractivity contribution is 6.37. The van der Waals surface area contributed by atoms with Crippen LogP contribution in [-0.2, 0) is 9.47 Å². The maximum Gasteiger partial charge on any atom is 0.343 e. The fourth-order valence-corrected chi connectivity index (χ4v) is 2.68. The van der Waals surface area contributed by atoms with E-state index in [2.05, 4.69) is 0 Å². The maximum absolute atomic E-state index is 12.2. The van der Waals surface area contributed by atoms with Crippen LogP contribution >= 0.6 is 23.2 Å². The normalized spacial score (nSPS) is 30.0. The predicted octanol–water partition coefficient (Wildman–Crippen LogP) is -0.0413. The van der Waals surface area contributed by atoms with Gasteiger partial charge in [-0.3, -0.25) is 0 Å². The van der Waals surface area contributed by atoms with E-state index >= 15 is 0 Å². The number of methoxy groups -OCH3 is 1. The minimum Gasteiger partial charge on any atom is -0.494 e. The molecule has 134 valence electrons. The number of aliphatic hydroxyl groups is 4. The van der Waals surface area contributed by atoms with Crippen molar-refractivity contribution < 1.29 is 39.4 Å². The molecule has 1 aromatic rings. The van der Waals surface area contributed by atoms with Gasteiger partial charge in [0.05, 0.1) is 17.2 Å². The van der Waals surface area contributed by atoms with Crippen LogP contribution in [0.3, 0.4) is 0 Å². The lowest BCUT2D eigenvalue weighted by Gasteiger charge is -2.37. The van der Waals surface area contributed by atoms with Crippen molar-refractivity contribution in [2.75, 3.05) is 13.7 Å². The first-order valence-electron chi connectivity index (χ1n) is 6.84. The van der Waals surface area contributed by atoms with Crippen molar-refractivity contribution in [2.45, 2.75) is 30.7 Å². The molecule has 1 heterocycles. The van der Waals surface area contributed by atoms with Gasteiger partial charge in [-0.1, -0.05) is 23.2 Å². The van der Waals surface area contributed by atoms with Crippen LogP contribution in [0.1, 0.15) is 10.4 Å². The first kappa shape index (κ1) is 19.2. The van der Waals surface area contributed by atoms with Crippen molar-refractivity contribution in [3.63, 3.8) is 0 Å². The monoisotopic (exact) mass is 382 g/mol. The zero-order valence-electron chi connectivity index (χ0n) is 12.4. The Hall–Kier alpha value is -1.13. The fourth-order valence-electron chi connectivity index (χ4n) is 2.22. The number of carbonyl (C=O) groups excluding carboxylic acids is 1. The molecule has 1 aliphatic rings. The largest absolute Gasteiger partial charge is 0.494 e. The van der Waals surface area contributed by atoms with Crippen molar-refractivity contribution in [3.8, 4) is 5.75 Å². The van der Waals surface area contributed by atoms with E-state index in [4.69, 9.17) is 37.4 Å². The summed E-state index contributed by atoms with van der Waals surface area (Å²) >= 11 is 11.9. The van der Waals surface area contributed by atoms with Gasteiger partial charge in [-0.2, -0.15) is 0 Å². The average Bonchev–Trinajstić information content (AvgIpc) is 2.56. The highest BCUT2D eigenvalue weighted by atomic mass is 35.5. The third-order valence-corrected chi connectivity index (χ3v) is 4.15. The molecule has 2 rings (SSSR count). The van der Waals surface area contributed by atoms with Crippen LogP contribution in [0.2, 0.25) is 10.0 Å². The molecule has 1 fully saturated rings. The molecule has 0 amide bonds. The molecule has 0 radical (unpaired) electrons. The van der Waals surface area contributed by atoms with Crippen LogP contribution in [0.15, 0.2) is 12.1 Å². The molecule has 0 spiro atoms. The van der Waals surface area contributed by atoms with E-state index in [1.807, 2.05) is 0 Å². The first-order valence-corrected chi connectivity index (χ1v) is 7.60. The van der Waals surface area contributed by atoms with E-state index in [1.165, 1.54) is 19.2 Å². The van der Waals surface area contributed by atoms with Gasteiger partial charge >= 0.3 is 5.97 Å². The Morgan fingerprint density at radius 3 is 2.38 bits per heavy atom. The van der Waals surface area contributed by atoms with Gasteiger partial charge in [0.25, 0.3) is 0 Å². The Morgan fingerprint density at radius 1 is 1.12 bits per heavy atom. The van der Waals surface area contributed by atoms with Gasteiger partial charge in [0.15, 0.2) is 12.0 Å². The number of aliphatic hydroxyl groups excluding tert-OH is 4. The number of hydrogen-bond donors (Lipinski definition) is 4. The zero-order valence-corrected chi connectivity index (χ0v) is 13.9. The van der Waals surface area contributed by atoms with Crippen molar-refractivity contribution in [3.05, 3.63) is 27.7 Å². The van der Waals surface area contributed by atoms with E-state index in [9.17, 15) is 25.2 Å². The molecule has 8 nitrogen and oxygen atoms in total. The summed E-state index contributed by atoms with van der Waals surface area (Å²) in [6.45, 7) is -0.507. The molecular weight excluding hydrogens is 367 g/mol. The molecule has 0 aromatic heterocycles. The second kappa shape index (κ2) is 7.83. The summed E-state index contributed by atoms with van der Waals surface area (Å²) in [6.07, 6.45) is -7.85. The second-order valence-electron chi connectivity index (χ2n) is 5.07. The van der Waals surface area contributed by atoms with Gasteiger partial charge in [0.2, 0.25) is 0 Å². The molecule has 5 atom stereocenters. The van der Waals surface area contributed by atoms with Gasteiger partial charge in [0, 0.05) is 0 Å². The summed E-state index contributed by atoms with van der Waals surface area (Å²) in [5, 5.41) is 38.4. The lowest BCUT2D eigenvalue weighted by molar-refractivity contribution is -0.286. The van der Waals surface area contributed by atoms with Gasteiger partial charge in [0.1, 0.15) is 36.6 Å².